The van der Waals surface area contributed by atoms with E-state index in [1.54, 1.807) is 42.5 Å². The highest BCUT2D eigenvalue weighted by molar-refractivity contribution is 5.57. The Balaban J connectivity index is 1.03. The minimum absolute atomic E-state index is 0.0319. The molecule has 0 bridgehead atoms. The first-order chi connectivity index (χ1) is 20.3. The van der Waals surface area contributed by atoms with Gasteiger partial charge in [0.1, 0.15) is 42.2 Å². The molecule has 2 aromatic carbocycles. The number of ether oxygens (including phenoxy) is 3. The van der Waals surface area contributed by atoms with Crippen molar-refractivity contribution in [1.29, 1.82) is 0 Å². The molecule has 11 heteroatoms. The van der Waals surface area contributed by atoms with Crippen molar-refractivity contribution in [2.24, 2.45) is 24.3 Å². The van der Waals surface area contributed by atoms with Crippen LogP contribution >= 0.6 is 0 Å². The second-order valence-electron chi connectivity index (χ2n) is 12.4. The predicted octanol–water partition coefficient (Wildman–Crippen LogP) is 5.81. The van der Waals surface area contributed by atoms with Crippen molar-refractivity contribution in [3.05, 3.63) is 54.4 Å². The largest absolute Gasteiger partial charge is 0.504 e. The number of aromatic hydroxyl groups is 1. The highest BCUT2D eigenvalue weighted by Crippen LogP contribution is 2.70. The molecule has 2 saturated carbocycles. The fourth-order valence-corrected chi connectivity index (χ4v) is 6.43. The lowest BCUT2D eigenvalue weighted by Gasteiger charge is -2.29. The van der Waals surface area contributed by atoms with E-state index in [0.717, 1.165) is 19.0 Å². The van der Waals surface area contributed by atoms with Crippen LogP contribution in [0.1, 0.15) is 45.7 Å². The molecule has 0 saturated heterocycles. The van der Waals surface area contributed by atoms with Crippen LogP contribution in [-0.2, 0) is 13.2 Å². The Kier molecular flexibility index (Phi) is 8.59. The Morgan fingerprint density at radius 1 is 1.09 bits per heavy atom. The summed E-state index contributed by atoms with van der Waals surface area (Å²) < 4.78 is 58.2. The van der Waals surface area contributed by atoms with Gasteiger partial charge in [-0.2, -0.15) is 13.2 Å². The van der Waals surface area contributed by atoms with Gasteiger partial charge in [0.05, 0.1) is 0 Å². The Morgan fingerprint density at radius 2 is 1.81 bits per heavy atom. The molecule has 2 aliphatic carbocycles. The Labute approximate surface area is 249 Å². The average Bonchev–Trinajstić information content (AvgIpc) is 3.19. The average molecular weight is 604 g/mol. The van der Waals surface area contributed by atoms with E-state index in [-0.39, 0.29) is 35.7 Å². The van der Waals surface area contributed by atoms with Crippen LogP contribution in [0, 0.1) is 17.3 Å². The topological polar surface area (TPSA) is 98.0 Å². The molecular formula is C32H40F3N3O5. The summed E-state index contributed by atoms with van der Waals surface area (Å²) in [5.74, 6) is 2.89. The number of rotatable bonds is 12. The number of aromatic nitrogens is 2. The second kappa shape index (κ2) is 11.9. The second-order valence-corrected chi connectivity index (χ2v) is 12.4. The van der Waals surface area contributed by atoms with E-state index >= 15 is 0 Å². The zero-order chi connectivity index (χ0) is 31.0. The van der Waals surface area contributed by atoms with Crippen LogP contribution in [0.3, 0.4) is 0 Å². The molecule has 0 aliphatic heterocycles. The minimum Gasteiger partial charge on any atom is -0.504 e. The molecule has 0 spiro atoms. The van der Waals surface area contributed by atoms with Crippen molar-refractivity contribution in [3.8, 4) is 34.4 Å². The van der Waals surface area contributed by atoms with Gasteiger partial charge in [0.2, 0.25) is 0 Å². The standard InChI is InChI=1S/C32H40F3N3O5/c1-20-5-12-27-30(2,3)31(27,16-20)43-26-15-24(10-11-25(26)40)41-14-13-36-17-22(39)19-42-23-8-6-21(7-9-23)29-37-28(18-38(29)4)32(33,34)35/h6-11,15,18,20,22,27,36,39-40H,5,12-14,16-17,19H2,1-4H3. The number of aliphatic hydroxyl groups is 1. The first-order valence-corrected chi connectivity index (χ1v) is 14.7. The van der Waals surface area contributed by atoms with Crippen molar-refractivity contribution >= 4 is 0 Å². The molecule has 43 heavy (non-hydrogen) atoms. The lowest BCUT2D eigenvalue weighted by molar-refractivity contribution is -0.140. The van der Waals surface area contributed by atoms with Gasteiger partial charge in [-0.1, -0.05) is 27.2 Å². The third kappa shape index (κ3) is 6.57. The van der Waals surface area contributed by atoms with E-state index in [4.69, 9.17) is 14.2 Å². The number of halogens is 3. The highest BCUT2D eigenvalue weighted by atomic mass is 19.4. The van der Waals surface area contributed by atoms with Crippen LogP contribution in [0.25, 0.3) is 11.4 Å². The predicted molar refractivity (Wildman–Crippen MR) is 155 cm³/mol. The van der Waals surface area contributed by atoms with E-state index in [9.17, 15) is 23.4 Å². The van der Waals surface area contributed by atoms with Crippen molar-refractivity contribution in [1.82, 2.24) is 14.9 Å². The third-order valence-corrected chi connectivity index (χ3v) is 8.91. The van der Waals surface area contributed by atoms with E-state index in [1.807, 2.05) is 0 Å². The summed E-state index contributed by atoms with van der Waals surface area (Å²) in [6.07, 6.45) is -1.02. The summed E-state index contributed by atoms with van der Waals surface area (Å²) in [6.45, 7) is 7.88. The third-order valence-electron chi connectivity index (χ3n) is 8.91. The molecule has 234 valence electrons. The number of nitrogens with one attached hydrogen (secondary N) is 1. The van der Waals surface area contributed by atoms with E-state index < -0.39 is 18.0 Å². The molecule has 4 atom stereocenters. The number of nitrogens with zero attached hydrogens (tertiary/aromatic N) is 2. The normalized spacial score (nSPS) is 23.3. The number of benzene rings is 2. The maximum Gasteiger partial charge on any atom is 0.434 e. The van der Waals surface area contributed by atoms with E-state index in [2.05, 4.69) is 31.1 Å². The maximum atomic E-state index is 12.9. The van der Waals surface area contributed by atoms with Gasteiger partial charge in [-0.25, -0.2) is 4.98 Å². The lowest BCUT2D eigenvalue weighted by atomic mass is 9.88. The van der Waals surface area contributed by atoms with Crippen molar-refractivity contribution in [2.75, 3.05) is 26.3 Å². The maximum absolute atomic E-state index is 12.9. The first kappa shape index (κ1) is 31.0. The van der Waals surface area contributed by atoms with Gasteiger partial charge in [-0.05, 0) is 55.2 Å². The zero-order valence-corrected chi connectivity index (χ0v) is 24.9. The molecule has 8 nitrogen and oxygen atoms in total. The SMILES string of the molecule is CC1CCC2C(C)(C)C2(Oc2cc(OCCNCC(O)COc3ccc(-c4nc(C(F)(F)F)cn4C)cc3)ccc2O)C1. The van der Waals surface area contributed by atoms with Gasteiger partial charge < -0.3 is 34.3 Å². The fraction of sp³-hybridized carbons (Fsp3) is 0.531. The molecule has 1 aromatic heterocycles. The summed E-state index contributed by atoms with van der Waals surface area (Å²) in [5.41, 5.74) is -0.605. The van der Waals surface area contributed by atoms with Gasteiger partial charge >= 0.3 is 6.18 Å². The number of phenolic OH excluding ortho intramolecular Hbond substituents is 1. The lowest BCUT2D eigenvalue weighted by Crippen LogP contribution is -2.33. The Hall–Kier alpha value is -3.44. The van der Waals surface area contributed by atoms with Gasteiger partial charge in [0, 0.05) is 49.3 Å². The van der Waals surface area contributed by atoms with Crippen molar-refractivity contribution in [3.63, 3.8) is 0 Å². The molecule has 2 fully saturated rings. The van der Waals surface area contributed by atoms with Crippen molar-refractivity contribution < 1.29 is 37.6 Å². The molecule has 0 radical (unpaired) electrons. The summed E-state index contributed by atoms with van der Waals surface area (Å²) in [7, 11) is 1.51. The fourth-order valence-electron chi connectivity index (χ4n) is 6.43. The quantitative estimate of drug-likeness (QED) is 0.225. The smallest absolute Gasteiger partial charge is 0.434 e. The first-order valence-electron chi connectivity index (χ1n) is 14.7. The molecule has 1 heterocycles. The molecule has 0 amide bonds. The van der Waals surface area contributed by atoms with E-state index in [1.165, 1.54) is 18.0 Å². The number of aryl methyl sites for hydroxylation is 1. The number of alkyl halides is 3. The molecule has 2 aliphatic rings. The summed E-state index contributed by atoms with van der Waals surface area (Å²) in [5, 5.41) is 23.9. The van der Waals surface area contributed by atoms with Crippen LogP contribution in [-0.4, -0.2) is 57.8 Å². The monoisotopic (exact) mass is 603 g/mol. The van der Waals surface area contributed by atoms with Gasteiger partial charge in [-0.3, -0.25) is 0 Å². The summed E-state index contributed by atoms with van der Waals surface area (Å²) in [4.78, 5) is 3.69. The number of aliphatic hydroxyl groups excluding tert-OH is 1. The molecule has 3 N–H and O–H groups in total. The van der Waals surface area contributed by atoms with Crippen LogP contribution in [0.5, 0.6) is 23.0 Å². The molecule has 3 aromatic rings. The molecule has 4 unspecified atom stereocenters. The zero-order valence-electron chi connectivity index (χ0n) is 24.9. The number of phenols is 1. The van der Waals surface area contributed by atoms with Crippen molar-refractivity contribution in [2.45, 2.75) is 57.9 Å². The summed E-state index contributed by atoms with van der Waals surface area (Å²) in [6, 6.07) is 11.5. The van der Waals surface area contributed by atoms with E-state index in [0.29, 0.717) is 47.8 Å². The summed E-state index contributed by atoms with van der Waals surface area (Å²) >= 11 is 0. The van der Waals surface area contributed by atoms with Gasteiger partial charge in [0.15, 0.2) is 17.2 Å². The minimum atomic E-state index is -4.51. The molecule has 5 rings (SSSR count). The van der Waals surface area contributed by atoms with Crippen LogP contribution < -0.4 is 19.5 Å². The van der Waals surface area contributed by atoms with Gasteiger partial charge in [-0.15, -0.1) is 0 Å². The highest BCUT2D eigenvalue weighted by Gasteiger charge is 2.74. The Morgan fingerprint density at radius 3 is 2.51 bits per heavy atom. The van der Waals surface area contributed by atoms with Gasteiger partial charge in [0.25, 0.3) is 0 Å². The van der Waals surface area contributed by atoms with Crippen LogP contribution in [0.4, 0.5) is 13.2 Å². The molecular weight excluding hydrogens is 563 g/mol. The number of imidazole rings is 1. The number of fused-ring (bicyclic) bond motifs is 1. The van der Waals surface area contributed by atoms with Crippen LogP contribution in [0.15, 0.2) is 48.7 Å². The Bertz CT molecular complexity index is 1410. The number of hydrogen-bond acceptors (Lipinski definition) is 7. The van der Waals surface area contributed by atoms with Crippen LogP contribution in [0.2, 0.25) is 0 Å². The number of hydrogen-bond donors (Lipinski definition) is 3.